The highest BCUT2D eigenvalue weighted by atomic mass is 16.2. The van der Waals surface area contributed by atoms with E-state index in [2.05, 4.69) is 27.6 Å². The maximum atomic E-state index is 11.7. The van der Waals surface area contributed by atoms with E-state index in [0.717, 1.165) is 37.9 Å². The van der Waals surface area contributed by atoms with E-state index in [1.54, 1.807) is 0 Å². The summed E-state index contributed by atoms with van der Waals surface area (Å²) in [6.07, 6.45) is 4.10. The van der Waals surface area contributed by atoms with E-state index in [1.165, 1.54) is 25.9 Å². The van der Waals surface area contributed by atoms with Crippen molar-refractivity contribution in [1.29, 1.82) is 0 Å². The largest absolute Gasteiger partial charge is 0.356 e. The lowest BCUT2D eigenvalue weighted by Gasteiger charge is -2.29. The summed E-state index contributed by atoms with van der Waals surface area (Å²) in [4.78, 5) is 20.4. The Kier molecular flexibility index (Phi) is 6.49. The summed E-state index contributed by atoms with van der Waals surface area (Å²) in [6, 6.07) is 0.319. The first-order valence-electron chi connectivity index (χ1n) is 8.55. The van der Waals surface area contributed by atoms with Gasteiger partial charge in [-0.3, -0.25) is 9.79 Å². The zero-order valence-electron chi connectivity index (χ0n) is 14.3. The van der Waals surface area contributed by atoms with E-state index in [-0.39, 0.29) is 5.91 Å². The molecule has 0 aromatic carbocycles. The molecule has 0 saturated carbocycles. The Labute approximate surface area is 134 Å². The molecule has 0 bridgehead atoms. The number of carbonyl (C=O) groups excluding carboxylic acids is 1. The van der Waals surface area contributed by atoms with Gasteiger partial charge in [0, 0.05) is 39.1 Å². The molecule has 126 valence electrons. The minimum Gasteiger partial charge on any atom is -0.356 e. The third-order valence-corrected chi connectivity index (χ3v) is 4.80. The molecule has 2 aliphatic rings. The predicted octanol–water partition coefficient (Wildman–Crippen LogP) is 0.504. The van der Waals surface area contributed by atoms with E-state index in [0.29, 0.717) is 12.5 Å². The van der Waals surface area contributed by atoms with Crippen molar-refractivity contribution in [3.05, 3.63) is 0 Å². The summed E-state index contributed by atoms with van der Waals surface area (Å²) >= 11 is 0. The molecule has 22 heavy (non-hydrogen) atoms. The van der Waals surface area contributed by atoms with Crippen molar-refractivity contribution in [3.63, 3.8) is 0 Å². The molecule has 2 fully saturated rings. The van der Waals surface area contributed by atoms with Crippen molar-refractivity contribution in [2.24, 2.45) is 10.9 Å². The van der Waals surface area contributed by atoms with Crippen LogP contribution in [0.15, 0.2) is 4.99 Å². The molecule has 2 N–H and O–H groups in total. The normalized spacial score (nSPS) is 24.6. The summed E-state index contributed by atoms with van der Waals surface area (Å²) in [6.45, 7) is 6.94. The molecule has 0 aliphatic carbocycles. The standard InChI is InChI=1S/C16H31N5O/c1-4-15(22)21-10-7-14(12-21)19-16(17-2)18-11-13-5-8-20(3)9-6-13/h13-14H,4-12H2,1-3H3,(H2,17,18,19). The van der Waals surface area contributed by atoms with Gasteiger partial charge >= 0.3 is 0 Å². The molecule has 1 amide bonds. The van der Waals surface area contributed by atoms with E-state index >= 15 is 0 Å². The number of nitrogens with zero attached hydrogens (tertiary/aromatic N) is 3. The number of amides is 1. The maximum Gasteiger partial charge on any atom is 0.222 e. The van der Waals surface area contributed by atoms with Gasteiger partial charge < -0.3 is 20.4 Å². The van der Waals surface area contributed by atoms with E-state index in [1.807, 2.05) is 18.9 Å². The third-order valence-electron chi connectivity index (χ3n) is 4.80. The number of rotatable bonds is 4. The molecule has 6 heteroatoms. The summed E-state index contributed by atoms with van der Waals surface area (Å²) in [5.74, 6) is 1.85. The van der Waals surface area contributed by atoms with Gasteiger partial charge in [0.05, 0.1) is 0 Å². The monoisotopic (exact) mass is 309 g/mol. The van der Waals surface area contributed by atoms with Crippen molar-refractivity contribution in [2.75, 3.05) is 46.8 Å². The van der Waals surface area contributed by atoms with Gasteiger partial charge in [-0.1, -0.05) is 6.92 Å². The zero-order chi connectivity index (χ0) is 15.9. The Bertz CT molecular complexity index is 390. The molecule has 0 aromatic rings. The number of piperidine rings is 1. The van der Waals surface area contributed by atoms with Crippen LogP contribution < -0.4 is 10.6 Å². The van der Waals surface area contributed by atoms with Crippen molar-refractivity contribution < 1.29 is 4.79 Å². The highest BCUT2D eigenvalue weighted by Gasteiger charge is 2.26. The maximum absolute atomic E-state index is 11.7. The molecular weight excluding hydrogens is 278 g/mol. The summed E-state index contributed by atoms with van der Waals surface area (Å²) in [5.41, 5.74) is 0. The summed E-state index contributed by atoms with van der Waals surface area (Å²) in [7, 11) is 4.00. The van der Waals surface area contributed by atoms with Gasteiger partial charge in [-0.2, -0.15) is 0 Å². The van der Waals surface area contributed by atoms with Crippen LogP contribution in [-0.4, -0.2) is 74.5 Å². The van der Waals surface area contributed by atoms with E-state index in [4.69, 9.17) is 0 Å². The van der Waals surface area contributed by atoms with Crippen molar-refractivity contribution in [2.45, 2.75) is 38.6 Å². The van der Waals surface area contributed by atoms with Crippen molar-refractivity contribution in [3.8, 4) is 0 Å². The second-order valence-electron chi connectivity index (χ2n) is 6.52. The Morgan fingerprint density at radius 2 is 1.95 bits per heavy atom. The molecule has 1 unspecified atom stereocenters. The van der Waals surface area contributed by atoms with Crippen LogP contribution in [0.5, 0.6) is 0 Å². The topological polar surface area (TPSA) is 60.0 Å². The van der Waals surface area contributed by atoms with Crippen LogP contribution in [0.2, 0.25) is 0 Å². The van der Waals surface area contributed by atoms with Gasteiger partial charge in [-0.25, -0.2) is 0 Å². The smallest absolute Gasteiger partial charge is 0.222 e. The minimum atomic E-state index is 0.249. The third kappa shape index (κ3) is 4.87. The molecule has 6 nitrogen and oxygen atoms in total. The second kappa shape index (κ2) is 8.36. The predicted molar refractivity (Wildman–Crippen MR) is 90.0 cm³/mol. The average Bonchev–Trinajstić information content (AvgIpc) is 3.00. The van der Waals surface area contributed by atoms with E-state index < -0.39 is 0 Å². The van der Waals surface area contributed by atoms with Crippen LogP contribution in [0, 0.1) is 5.92 Å². The summed E-state index contributed by atoms with van der Waals surface area (Å²) < 4.78 is 0. The fourth-order valence-corrected chi connectivity index (χ4v) is 3.22. The highest BCUT2D eigenvalue weighted by molar-refractivity contribution is 5.80. The van der Waals surface area contributed by atoms with Gasteiger partial charge in [0.15, 0.2) is 5.96 Å². The van der Waals surface area contributed by atoms with Gasteiger partial charge in [-0.15, -0.1) is 0 Å². The fourth-order valence-electron chi connectivity index (χ4n) is 3.22. The van der Waals surface area contributed by atoms with Gasteiger partial charge in [0.2, 0.25) is 5.91 Å². The molecule has 2 heterocycles. The number of likely N-dealkylation sites (tertiary alicyclic amines) is 2. The summed E-state index contributed by atoms with van der Waals surface area (Å²) in [5, 5.41) is 6.91. The second-order valence-corrected chi connectivity index (χ2v) is 6.52. The molecule has 2 saturated heterocycles. The van der Waals surface area contributed by atoms with Crippen LogP contribution in [-0.2, 0) is 4.79 Å². The SMILES string of the molecule is CCC(=O)N1CCC(NC(=NC)NCC2CCN(C)CC2)C1. The molecular formula is C16H31N5O. The first-order chi connectivity index (χ1) is 10.6. The number of nitrogens with one attached hydrogen (secondary N) is 2. The number of aliphatic imine (C=N–C) groups is 1. The van der Waals surface area contributed by atoms with Gasteiger partial charge in [0.1, 0.15) is 0 Å². The number of hydrogen-bond acceptors (Lipinski definition) is 3. The van der Waals surface area contributed by atoms with Crippen LogP contribution in [0.4, 0.5) is 0 Å². The van der Waals surface area contributed by atoms with Gasteiger partial charge in [-0.05, 0) is 45.3 Å². The number of guanidine groups is 1. The lowest BCUT2D eigenvalue weighted by Crippen LogP contribution is -2.47. The molecule has 0 aromatic heterocycles. The lowest BCUT2D eigenvalue weighted by molar-refractivity contribution is -0.129. The first-order valence-corrected chi connectivity index (χ1v) is 8.55. The Hall–Kier alpha value is -1.30. The van der Waals surface area contributed by atoms with Crippen LogP contribution in [0.25, 0.3) is 0 Å². The van der Waals surface area contributed by atoms with Crippen molar-refractivity contribution >= 4 is 11.9 Å². The number of hydrogen-bond donors (Lipinski definition) is 2. The van der Waals surface area contributed by atoms with Crippen molar-refractivity contribution in [1.82, 2.24) is 20.4 Å². The van der Waals surface area contributed by atoms with Crippen LogP contribution in [0.3, 0.4) is 0 Å². The highest BCUT2D eigenvalue weighted by Crippen LogP contribution is 2.15. The first kappa shape index (κ1) is 17.1. The zero-order valence-corrected chi connectivity index (χ0v) is 14.3. The minimum absolute atomic E-state index is 0.249. The van der Waals surface area contributed by atoms with E-state index in [9.17, 15) is 4.79 Å². The Morgan fingerprint density at radius 1 is 1.23 bits per heavy atom. The average molecular weight is 309 g/mol. The molecule has 0 radical (unpaired) electrons. The Balaban J connectivity index is 1.70. The van der Waals surface area contributed by atoms with Crippen LogP contribution in [0.1, 0.15) is 32.6 Å². The molecule has 2 aliphatic heterocycles. The molecule has 1 atom stereocenters. The quantitative estimate of drug-likeness (QED) is 0.587. The molecule has 2 rings (SSSR count). The lowest BCUT2D eigenvalue weighted by atomic mass is 9.97. The molecule has 0 spiro atoms. The fraction of sp³-hybridized carbons (Fsp3) is 0.875. The van der Waals surface area contributed by atoms with Gasteiger partial charge in [0.25, 0.3) is 0 Å². The Morgan fingerprint density at radius 3 is 2.59 bits per heavy atom. The van der Waals surface area contributed by atoms with Crippen LogP contribution >= 0.6 is 0 Å². The number of carbonyl (C=O) groups is 1.